The van der Waals surface area contributed by atoms with E-state index in [1.807, 2.05) is 42.5 Å². The molecule has 39 heavy (non-hydrogen) atoms. The number of ether oxygens (including phenoxy) is 6. The molecule has 2 aromatic carbocycles. The smallest absolute Gasteiger partial charge is 0.407 e. The first-order valence-electron chi connectivity index (χ1n) is 12.1. The van der Waals surface area contributed by atoms with Gasteiger partial charge in [-0.25, -0.2) is 4.79 Å². The number of benzene rings is 2. The molecule has 0 aromatic heterocycles. The molecule has 1 aliphatic rings. The van der Waals surface area contributed by atoms with Crippen LogP contribution in [-0.4, -0.2) is 72.6 Å². The maximum atomic E-state index is 12.6. The summed E-state index contributed by atoms with van der Waals surface area (Å²) in [5.74, 6) is 0.694. The zero-order valence-electron chi connectivity index (χ0n) is 21.3. The molecule has 9 nitrogen and oxygen atoms in total. The van der Waals surface area contributed by atoms with Crippen molar-refractivity contribution in [3.63, 3.8) is 0 Å². The average Bonchev–Trinajstić information content (AvgIpc) is 2.92. The van der Waals surface area contributed by atoms with Gasteiger partial charge >= 0.3 is 6.09 Å². The minimum Gasteiger partial charge on any atom is -0.497 e. The van der Waals surface area contributed by atoms with Crippen LogP contribution in [0.1, 0.15) is 11.1 Å². The van der Waals surface area contributed by atoms with Gasteiger partial charge in [-0.1, -0.05) is 83.3 Å². The quantitative estimate of drug-likeness (QED) is 0.195. The lowest BCUT2D eigenvalue weighted by molar-refractivity contribution is -0.276. The Labute approximate surface area is 242 Å². The number of halogens is 3. The van der Waals surface area contributed by atoms with Crippen LogP contribution in [0, 0.1) is 0 Å². The molecular weight excluding hydrogens is 573 g/mol. The van der Waals surface area contributed by atoms with Crippen molar-refractivity contribution in [3.8, 4) is 5.75 Å². The summed E-state index contributed by atoms with van der Waals surface area (Å²) in [4.78, 5) is 12.6. The van der Waals surface area contributed by atoms with Gasteiger partial charge in [0.1, 0.15) is 36.7 Å². The number of carbonyl (C=O) groups excluding carboxylic acids is 1. The number of rotatable bonds is 13. The lowest BCUT2D eigenvalue weighted by Crippen LogP contribution is -2.65. The molecule has 0 radical (unpaired) electrons. The van der Waals surface area contributed by atoms with Crippen molar-refractivity contribution >= 4 is 40.9 Å². The second-order valence-electron chi connectivity index (χ2n) is 8.64. The Kier molecular flexibility index (Phi) is 12.6. The van der Waals surface area contributed by atoms with E-state index in [1.54, 1.807) is 25.3 Å². The van der Waals surface area contributed by atoms with E-state index in [4.69, 9.17) is 63.2 Å². The number of carbonyl (C=O) groups is 1. The van der Waals surface area contributed by atoms with Crippen LogP contribution in [0.4, 0.5) is 4.79 Å². The number of aliphatic hydroxyl groups excluding tert-OH is 1. The molecule has 12 heteroatoms. The SMILES string of the molecule is C=CCOC[C@H]1OC(O)[C@H](NC(=O)OCC(Cl)(Cl)Cl)[C@@H](OCc2ccc(OC)cc2)[C@@H]1OCc1ccccc1. The first-order chi connectivity index (χ1) is 18.7. The number of alkyl carbamates (subject to hydrolysis) is 1. The molecule has 214 valence electrons. The zero-order valence-corrected chi connectivity index (χ0v) is 23.6. The van der Waals surface area contributed by atoms with Crippen LogP contribution < -0.4 is 10.1 Å². The molecule has 1 unspecified atom stereocenters. The van der Waals surface area contributed by atoms with E-state index in [0.29, 0.717) is 5.75 Å². The van der Waals surface area contributed by atoms with Crippen LogP contribution in [-0.2, 0) is 36.9 Å². The van der Waals surface area contributed by atoms with E-state index < -0.39 is 47.1 Å². The first-order valence-corrected chi connectivity index (χ1v) is 13.3. The highest BCUT2D eigenvalue weighted by Gasteiger charge is 2.48. The fourth-order valence-corrected chi connectivity index (χ4v) is 4.04. The third-order valence-corrected chi connectivity index (χ3v) is 6.05. The molecule has 1 aliphatic heterocycles. The molecule has 0 saturated carbocycles. The molecule has 1 fully saturated rings. The topological polar surface area (TPSA) is 105 Å². The molecular formula is C27H32Cl3NO8. The Morgan fingerprint density at radius 1 is 1.05 bits per heavy atom. The van der Waals surface area contributed by atoms with Crippen molar-refractivity contribution in [1.29, 1.82) is 0 Å². The number of hydrogen-bond acceptors (Lipinski definition) is 8. The fraction of sp³-hybridized carbons (Fsp3) is 0.444. The lowest BCUT2D eigenvalue weighted by atomic mass is 9.96. The number of nitrogens with one attached hydrogen (secondary N) is 1. The van der Waals surface area contributed by atoms with Crippen molar-refractivity contribution in [3.05, 3.63) is 78.4 Å². The molecule has 2 N–H and O–H groups in total. The summed E-state index contributed by atoms with van der Waals surface area (Å²) < 4.78 is 32.4. The van der Waals surface area contributed by atoms with Crippen LogP contribution in [0.2, 0.25) is 0 Å². The molecule has 1 saturated heterocycles. The summed E-state index contributed by atoms with van der Waals surface area (Å²) >= 11 is 17.1. The van der Waals surface area contributed by atoms with Crippen LogP contribution >= 0.6 is 34.8 Å². The zero-order chi connectivity index (χ0) is 28.3. The van der Waals surface area contributed by atoms with E-state index >= 15 is 0 Å². The van der Waals surface area contributed by atoms with Crippen molar-refractivity contribution < 1.29 is 38.3 Å². The maximum absolute atomic E-state index is 12.6. The summed E-state index contributed by atoms with van der Waals surface area (Å²) in [6.45, 7) is 3.85. The standard InChI is InChI=1S/C27H32Cl3NO8/c1-3-13-35-16-21-23(36-14-18-7-5-4-6-8-18)24(37-15-19-9-11-20(34-2)12-10-19)22(25(32)39-21)31-26(33)38-17-27(28,29)30/h3-12,21-25,32H,1,13-17H2,2H3,(H,31,33)/t21-,22-,23-,24-,25?/m1/s1. The molecule has 1 amide bonds. The van der Waals surface area contributed by atoms with Crippen LogP contribution in [0.3, 0.4) is 0 Å². The number of hydrogen-bond donors (Lipinski definition) is 2. The van der Waals surface area contributed by atoms with Gasteiger partial charge in [-0.15, -0.1) is 6.58 Å². The van der Waals surface area contributed by atoms with Crippen molar-refractivity contribution in [2.75, 3.05) is 26.9 Å². The summed E-state index contributed by atoms with van der Waals surface area (Å²) in [5.41, 5.74) is 1.74. The highest BCUT2D eigenvalue weighted by atomic mass is 35.6. The average molecular weight is 605 g/mol. The largest absolute Gasteiger partial charge is 0.497 e. The van der Waals surface area contributed by atoms with Gasteiger partial charge in [-0.2, -0.15) is 0 Å². The van der Waals surface area contributed by atoms with Crippen LogP contribution in [0.15, 0.2) is 67.3 Å². The Morgan fingerprint density at radius 2 is 1.69 bits per heavy atom. The summed E-state index contributed by atoms with van der Waals surface area (Å²) in [6.07, 6.45) is -3.22. The van der Waals surface area contributed by atoms with Gasteiger partial charge in [0, 0.05) is 0 Å². The van der Waals surface area contributed by atoms with Gasteiger partial charge in [0.05, 0.1) is 33.5 Å². The van der Waals surface area contributed by atoms with Crippen molar-refractivity contribution in [2.24, 2.45) is 0 Å². The molecule has 0 bridgehead atoms. The number of alkyl halides is 3. The van der Waals surface area contributed by atoms with Gasteiger partial charge in [-0.3, -0.25) is 0 Å². The van der Waals surface area contributed by atoms with Gasteiger partial charge < -0.3 is 38.8 Å². The Morgan fingerprint density at radius 3 is 2.31 bits per heavy atom. The first kappa shape index (κ1) is 31.4. The highest BCUT2D eigenvalue weighted by Crippen LogP contribution is 2.29. The van der Waals surface area contributed by atoms with Crippen molar-refractivity contribution in [1.82, 2.24) is 5.32 Å². The number of aliphatic hydroxyl groups is 1. The van der Waals surface area contributed by atoms with E-state index in [-0.39, 0.29) is 26.4 Å². The monoisotopic (exact) mass is 603 g/mol. The normalized spacial score (nSPS) is 23.2. The van der Waals surface area contributed by atoms with E-state index in [1.165, 1.54) is 0 Å². The number of amides is 1. The Hall–Kier alpha value is -2.08. The van der Waals surface area contributed by atoms with E-state index in [2.05, 4.69) is 11.9 Å². The Balaban J connectivity index is 1.84. The van der Waals surface area contributed by atoms with Gasteiger partial charge in [0.2, 0.25) is 3.79 Å². The maximum Gasteiger partial charge on any atom is 0.407 e. The molecule has 2 aromatic rings. The molecule has 5 atom stereocenters. The number of methoxy groups -OCH3 is 1. The highest BCUT2D eigenvalue weighted by molar-refractivity contribution is 6.67. The second kappa shape index (κ2) is 15.6. The summed E-state index contributed by atoms with van der Waals surface area (Å²) in [7, 11) is 1.58. The van der Waals surface area contributed by atoms with Gasteiger partial charge in [0.25, 0.3) is 0 Å². The molecule has 3 rings (SSSR count). The van der Waals surface area contributed by atoms with E-state index in [9.17, 15) is 9.90 Å². The summed E-state index contributed by atoms with van der Waals surface area (Å²) in [6, 6.07) is 15.7. The third kappa shape index (κ3) is 10.4. The van der Waals surface area contributed by atoms with Crippen molar-refractivity contribution in [2.45, 2.75) is 47.7 Å². The molecule has 0 aliphatic carbocycles. The van der Waals surface area contributed by atoms with Gasteiger partial charge in [0.15, 0.2) is 6.29 Å². The minimum absolute atomic E-state index is 0.0787. The summed E-state index contributed by atoms with van der Waals surface area (Å²) in [5, 5.41) is 13.5. The predicted octanol–water partition coefficient (Wildman–Crippen LogP) is 4.55. The minimum atomic E-state index is -1.81. The van der Waals surface area contributed by atoms with Crippen LogP contribution in [0.5, 0.6) is 5.75 Å². The predicted molar refractivity (Wildman–Crippen MR) is 147 cm³/mol. The third-order valence-electron chi connectivity index (χ3n) is 5.72. The lowest BCUT2D eigenvalue weighted by Gasteiger charge is -2.44. The van der Waals surface area contributed by atoms with Gasteiger partial charge in [-0.05, 0) is 23.3 Å². The Bertz CT molecular complexity index is 1020. The molecule has 0 spiro atoms. The second-order valence-corrected chi connectivity index (χ2v) is 11.2. The fourth-order valence-electron chi connectivity index (χ4n) is 3.88. The van der Waals surface area contributed by atoms with Crippen LogP contribution in [0.25, 0.3) is 0 Å². The van der Waals surface area contributed by atoms with E-state index in [0.717, 1.165) is 11.1 Å². The molecule has 1 heterocycles.